The minimum atomic E-state index is -0.469. The number of aryl methyl sites for hydroxylation is 1. The highest BCUT2D eigenvalue weighted by Crippen LogP contribution is 2.34. The standard InChI is InChI=1S/C19H22N2O2/c1-14-8-4-5-9-15(14)12-21-13-18(19(22)20(2)3)23-17-11-7-6-10-16(17)21/h4-11,18H,12-13H2,1-3H3/t18-/m0/s1. The average Bonchev–Trinajstić information content (AvgIpc) is 2.56. The number of amides is 1. The number of nitrogens with zero attached hydrogens (tertiary/aromatic N) is 2. The quantitative estimate of drug-likeness (QED) is 0.874. The number of hydrogen-bond acceptors (Lipinski definition) is 3. The Hall–Kier alpha value is -2.49. The second-order valence-corrected chi connectivity index (χ2v) is 6.11. The number of carbonyl (C=O) groups excluding carboxylic acids is 1. The summed E-state index contributed by atoms with van der Waals surface area (Å²) < 4.78 is 5.92. The van der Waals surface area contributed by atoms with E-state index in [0.717, 1.165) is 18.0 Å². The molecule has 3 rings (SSSR count). The van der Waals surface area contributed by atoms with Gasteiger partial charge in [0.05, 0.1) is 12.2 Å². The summed E-state index contributed by atoms with van der Waals surface area (Å²) in [6, 6.07) is 16.3. The molecule has 0 radical (unpaired) electrons. The van der Waals surface area contributed by atoms with Gasteiger partial charge in [0.2, 0.25) is 0 Å². The molecule has 0 aromatic heterocycles. The third-order valence-electron chi connectivity index (χ3n) is 4.20. The van der Waals surface area contributed by atoms with Gasteiger partial charge in [-0.25, -0.2) is 0 Å². The van der Waals surface area contributed by atoms with Gasteiger partial charge in [-0.1, -0.05) is 36.4 Å². The van der Waals surface area contributed by atoms with Gasteiger partial charge in [-0.05, 0) is 30.2 Å². The number of ether oxygens (including phenoxy) is 1. The van der Waals surface area contributed by atoms with Gasteiger partial charge in [0.1, 0.15) is 5.75 Å². The second-order valence-electron chi connectivity index (χ2n) is 6.11. The van der Waals surface area contributed by atoms with Crippen LogP contribution in [0.25, 0.3) is 0 Å². The number of para-hydroxylation sites is 2. The molecule has 0 aliphatic carbocycles. The van der Waals surface area contributed by atoms with E-state index in [4.69, 9.17) is 4.74 Å². The van der Waals surface area contributed by atoms with Crippen molar-refractivity contribution in [2.45, 2.75) is 19.6 Å². The van der Waals surface area contributed by atoms with E-state index < -0.39 is 6.10 Å². The molecule has 23 heavy (non-hydrogen) atoms. The van der Waals surface area contributed by atoms with Gasteiger partial charge in [-0.15, -0.1) is 0 Å². The van der Waals surface area contributed by atoms with E-state index in [-0.39, 0.29) is 5.91 Å². The third kappa shape index (κ3) is 3.16. The molecule has 120 valence electrons. The minimum absolute atomic E-state index is 0.00529. The van der Waals surface area contributed by atoms with Gasteiger partial charge in [-0.2, -0.15) is 0 Å². The van der Waals surface area contributed by atoms with E-state index in [9.17, 15) is 4.79 Å². The Kier molecular flexibility index (Phi) is 4.24. The van der Waals surface area contributed by atoms with Crippen LogP contribution in [0.1, 0.15) is 11.1 Å². The molecule has 0 saturated heterocycles. The van der Waals surface area contributed by atoms with Crippen molar-refractivity contribution in [3.05, 3.63) is 59.7 Å². The molecule has 0 unspecified atom stereocenters. The first kappa shape index (κ1) is 15.4. The zero-order valence-corrected chi connectivity index (χ0v) is 13.8. The molecule has 0 spiro atoms. The lowest BCUT2D eigenvalue weighted by molar-refractivity contribution is -0.136. The van der Waals surface area contributed by atoms with Crippen LogP contribution in [-0.2, 0) is 11.3 Å². The fourth-order valence-corrected chi connectivity index (χ4v) is 2.87. The molecule has 4 nitrogen and oxygen atoms in total. The predicted molar refractivity (Wildman–Crippen MR) is 91.8 cm³/mol. The fraction of sp³-hybridized carbons (Fsp3) is 0.316. The van der Waals surface area contributed by atoms with Crippen LogP contribution in [0, 0.1) is 6.92 Å². The molecular formula is C19H22N2O2. The predicted octanol–water partition coefficient (Wildman–Crippen LogP) is 2.85. The number of benzene rings is 2. The van der Waals surface area contributed by atoms with Crippen LogP contribution >= 0.6 is 0 Å². The maximum atomic E-state index is 12.3. The van der Waals surface area contributed by atoms with Crippen LogP contribution in [0.3, 0.4) is 0 Å². The molecule has 1 atom stereocenters. The molecule has 1 heterocycles. The van der Waals surface area contributed by atoms with Crippen molar-refractivity contribution in [1.82, 2.24) is 4.90 Å². The van der Waals surface area contributed by atoms with Crippen LogP contribution in [0.5, 0.6) is 5.75 Å². The first-order valence-corrected chi connectivity index (χ1v) is 7.82. The van der Waals surface area contributed by atoms with Gasteiger partial charge in [0.25, 0.3) is 5.91 Å². The van der Waals surface area contributed by atoms with Crippen LogP contribution in [0.4, 0.5) is 5.69 Å². The highest BCUT2D eigenvalue weighted by atomic mass is 16.5. The molecule has 0 N–H and O–H groups in total. The first-order valence-electron chi connectivity index (χ1n) is 7.82. The Morgan fingerprint density at radius 1 is 1.17 bits per heavy atom. The SMILES string of the molecule is Cc1ccccc1CN1C[C@@H](C(=O)N(C)C)Oc2ccccc21. The lowest BCUT2D eigenvalue weighted by atomic mass is 10.1. The molecule has 1 amide bonds. The molecule has 4 heteroatoms. The zero-order valence-electron chi connectivity index (χ0n) is 13.8. The molecule has 0 saturated carbocycles. The summed E-state index contributed by atoms with van der Waals surface area (Å²) in [5.74, 6) is 0.766. The number of rotatable bonds is 3. The van der Waals surface area contributed by atoms with E-state index in [1.807, 2.05) is 30.3 Å². The van der Waals surface area contributed by atoms with Crippen molar-refractivity contribution in [3.8, 4) is 5.75 Å². The van der Waals surface area contributed by atoms with Crippen molar-refractivity contribution >= 4 is 11.6 Å². The average molecular weight is 310 g/mol. The van der Waals surface area contributed by atoms with Crippen molar-refractivity contribution < 1.29 is 9.53 Å². The second kappa shape index (κ2) is 6.32. The van der Waals surface area contributed by atoms with E-state index in [0.29, 0.717) is 6.54 Å². The largest absolute Gasteiger partial charge is 0.477 e. The molecule has 2 aromatic rings. The summed E-state index contributed by atoms with van der Waals surface area (Å²) in [6.45, 7) is 3.44. The number of fused-ring (bicyclic) bond motifs is 1. The smallest absolute Gasteiger partial charge is 0.265 e. The van der Waals surface area contributed by atoms with E-state index >= 15 is 0 Å². The first-order chi connectivity index (χ1) is 11.1. The zero-order chi connectivity index (χ0) is 16.4. The lowest BCUT2D eigenvalue weighted by Gasteiger charge is -2.36. The van der Waals surface area contributed by atoms with Crippen LogP contribution in [0.2, 0.25) is 0 Å². The van der Waals surface area contributed by atoms with E-state index in [2.05, 4.69) is 30.0 Å². The summed E-state index contributed by atoms with van der Waals surface area (Å²) in [6.07, 6.45) is -0.469. The molecule has 1 aliphatic rings. The molecule has 2 aromatic carbocycles. The Morgan fingerprint density at radius 3 is 2.61 bits per heavy atom. The Morgan fingerprint density at radius 2 is 1.87 bits per heavy atom. The highest BCUT2D eigenvalue weighted by Gasteiger charge is 2.31. The van der Waals surface area contributed by atoms with E-state index in [1.165, 1.54) is 11.1 Å². The molecule has 1 aliphatic heterocycles. The van der Waals surface area contributed by atoms with Crippen LogP contribution in [0.15, 0.2) is 48.5 Å². The fourth-order valence-electron chi connectivity index (χ4n) is 2.87. The van der Waals surface area contributed by atoms with Crippen LogP contribution in [-0.4, -0.2) is 37.6 Å². The number of hydrogen-bond donors (Lipinski definition) is 0. The van der Waals surface area contributed by atoms with Crippen molar-refractivity contribution in [2.24, 2.45) is 0 Å². The van der Waals surface area contributed by atoms with Gasteiger partial charge in [-0.3, -0.25) is 4.79 Å². The molecule has 0 fully saturated rings. The summed E-state index contributed by atoms with van der Waals surface area (Å²) in [5.41, 5.74) is 3.56. The molecule has 0 bridgehead atoms. The highest BCUT2D eigenvalue weighted by molar-refractivity contribution is 5.83. The Bertz CT molecular complexity index is 712. The van der Waals surface area contributed by atoms with Crippen molar-refractivity contribution in [2.75, 3.05) is 25.5 Å². The Labute approximate surface area is 137 Å². The van der Waals surface area contributed by atoms with Gasteiger partial charge in [0.15, 0.2) is 6.10 Å². The normalized spacial score (nSPS) is 16.5. The van der Waals surface area contributed by atoms with Crippen molar-refractivity contribution in [3.63, 3.8) is 0 Å². The summed E-state index contributed by atoms with van der Waals surface area (Å²) in [5, 5.41) is 0. The summed E-state index contributed by atoms with van der Waals surface area (Å²) >= 11 is 0. The Balaban J connectivity index is 1.91. The summed E-state index contributed by atoms with van der Waals surface area (Å²) in [4.78, 5) is 16.2. The maximum absolute atomic E-state index is 12.3. The third-order valence-corrected chi connectivity index (χ3v) is 4.20. The lowest BCUT2D eigenvalue weighted by Crippen LogP contribution is -2.48. The number of anilines is 1. The van der Waals surface area contributed by atoms with Gasteiger partial charge in [0, 0.05) is 20.6 Å². The number of likely N-dealkylation sites (N-methyl/N-ethyl adjacent to an activating group) is 1. The minimum Gasteiger partial charge on any atom is -0.477 e. The topological polar surface area (TPSA) is 32.8 Å². The van der Waals surface area contributed by atoms with Crippen molar-refractivity contribution in [1.29, 1.82) is 0 Å². The number of carbonyl (C=O) groups is 1. The van der Waals surface area contributed by atoms with Crippen LogP contribution < -0.4 is 9.64 Å². The molecular weight excluding hydrogens is 288 g/mol. The van der Waals surface area contributed by atoms with Gasteiger partial charge < -0.3 is 14.5 Å². The monoisotopic (exact) mass is 310 g/mol. The maximum Gasteiger partial charge on any atom is 0.265 e. The van der Waals surface area contributed by atoms with E-state index in [1.54, 1.807) is 19.0 Å². The van der Waals surface area contributed by atoms with Gasteiger partial charge >= 0.3 is 0 Å². The summed E-state index contributed by atoms with van der Waals surface area (Å²) in [7, 11) is 3.52.